The number of ether oxygens (including phenoxy) is 1. The van der Waals surface area contributed by atoms with E-state index in [2.05, 4.69) is 16.8 Å². The fourth-order valence-electron chi connectivity index (χ4n) is 3.15. The maximum atomic E-state index is 12.6. The van der Waals surface area contributed by atoms with Crippen LogP contribution in [0, 0.1) is 6.92 Å². The van der Waals surface area contributed by atoms with E-state index in [1.807, 2.05) is 47.5 Å². The van der Waals surface area contributed by atoms with Gasteiger partial charge in [-0.05, 0) is 38.6 Å². The van der Waals surface area contributed by atoms with Crippen LogP contribution in [-0.2, 0) is 11.4 Å². The van der Waals surface area contributed by atoms with Crippen LogP contribution in [0.1, 0.15) is 29.6 Å². The predicted octanol–water partition coefficient (Wildman–Crippen LogP) is 3.60. The van der Waals surface area contributed by atoms with E-state index in [-0.39, 0.29) is 5.91 Å². The molecule has 0 saturated carbocycles. The summed E-state index contributed by atoms with van der Waals surface area (Å²) in [5.74, 6) is 0.832. The zero-order chi connectivity index (χ0) is 19.1. The van der Waals surface area contributed by atoms with Gasteiger partial charge in [0.15, 0.2) is 0 Å². The molecule has 1 aromatic heterocycles. The summed E-state index contributed by atoms with van der Waals surface area (Å²) >= 11 is 1.62. The quantitative estimate of drug-likeness (QED) is 0.713. The molecule has 6 heteroatoms. The Kier molecular flexibility index (Phi) is 7.01. The van der Waals surface area contributed by atoms with Gasteiger partial charge in [-0.2, -0.15) is 0 Å². The Labute approximate surface area is 165 Å². The number of hydrogen-bond acceptors (Lipinski definition) is 5. The van der Waals surface area contributed by atoms with Gasteiger partial charge in [0.1, 0.15) is 12.4 Å². The molecule has 0 spiro atoms. The molecule has 0 radical (unpaired) electrons. The first-order valence-corrected chi connectivity index (χ1v) is 10.4. The minimum Gasteiger partial charge on any atom is -0.487 e. The molecule has 1 aliphatic heterocycles. The fourth-order valence-corrected chi connectivity index (χ4v) is 3.75. The third kappa shape index (κ3) is 5.65. The van der Waals surface area contributed by atoms with Crippen LogP contribution in [0.4, 0.5) is 0 Å². The molecular formula is C21H27N3O2S. The molecule has 0 N–H and O–H groups in total. The monoisotopic (exact) mass is 385 g/mol. The molecule has 0 unspecified atom stereocenters. The van der Waals surface area contributed by atoms with E-state index in [9.17, 15) is 4.79 Å². The Bertz CT molecular complexity index is 787. The number of hydrogen-bond donors (Lipinski definition) is 0. The number of aryl methyl sites for hydroxylation is 1. The molecule has 2 aromatic rings. The highest BCUT2D eigenvalue weighted by atomic mass is 32.1. The lowest BCUT2D eigenvalue weighted by atomic mass is 10.2. The second kappa shape index (κ2) is 9.67. The van der Waals surface area contributed by atoms with Gasteiger partial charge in [-0.1, -0.05) is 25.1 Å². The molecule has 1 amide bonds. The average Bonchev–Trinajstić information content (AvgIpc) is 2.96. The Morgan fingerprint density at radius 1 is 1.26 bits per heavy atom. The first-order valence-electron chi connectivity index (χ1n) is 9.48. The summed E-state index contributed by atoms with van der Waals surface area (Å²) in [5.41, 5.74) is 1.83. The molecule has 1 aromatic carbocycles. The largest absolute Gasteiger partial charge is 0.487 e. The highest BCUT2D eigenvalue weighted by Crippen LogP contribution is 2.21. The van der Waals surface area contributed by atoms with Crippen molar-refractivity contribution in [3.63, 3.8) is 0 Å². The lowest BCUT2D eigenvalue weighted by molar-refractivity contribution is -0.125. The molecule has 0 aliphatic carbocycles. The van der Waals surface area contributed by atoms with E-state index in [0.29, 0.717) is 6.61 Å². The van der Waals surface area contributed by atoms with Crippen molar-refractivity contribution in [2.45, 2.75) is 26.9 Å². The van der Waals surface area contributed by atoms with Crippen molar-refractivity contribution in [1.82, 2.24) is 14.8 Å². The van der Waals surface area contributed by atoms with Crippen molar-refractivity contribution in [1.29, 1.82) is 0 Å². The Balaban J connectivity index is 1.61. The van der Waals surface area contributed by atoms with E-state index in [1.165, 1.54) is 0 Å². The van der Waals surface area contributed by atoms with E-state index >= 15 is 0 Å². The smallest absolute Gasteiger partial charge is 0.246 e. The van der Waals surface area contributed by atoms with Crippen LogP contribution in [0.15, 0.2) is 35.7 Å². The number of rotatable bonds is 6. The molecule has 1 saturated heterocycles. The molecule has 2 heterocycles. The van der Waals surface area contributed by atoms with Gasteiger partial charge in [0.25, 0.3) is 0 Å². The Hall–Kier alpha value is -2.18. The van der Waals surface area contributed by atoms with Gasteiger partial charge in [-0.25, -0.2) is 4.98 Å². The number of nitrogens with zero attached hydrogens (tertiary/aromatic N) is 3. The van der Waals surface area contributed by atoms with Crippen LogP contribution < -0.4 is 4.74 Å². The zero-order valence-electron chi connectivity index (χ0n) is 16.1. The average molecular weight is 386 g/mol. The fraction of sp³-hybridized carbons (Fsp3) is 0.429. The van der Waals surface area contributed by atoms with Gasteiger partial charge in [0.2, 0.25) is 5.91 Å². The summed E-state index contributed by atoms with van der Waals surface area (Å²) in [6.07, 6.45) is 4.55. The molecular weight excluding hydrogens is 358 g/mol. The van der Waals surface area contributed by atoms with Crippen molar-refractivity contribution in [2.75, 3.05) is 32.7 Å². The molecule has 3 rings (SSSR count). The number of para-hydroxylation sites is 1. The van der Waals surface area contributed by atoms with Crippen LogP contribution in [-0.4, -0.2) is 53.4 Å². The van der Waals surface area contributed by atoms with Gasteiger partial charge in [-0.3, -0.25) is 4.79 Å². The maximum Gasteiger partial charge on any atom is 0.246 e. The molecule has 144 valence electrons. The van der Waals surface area contributed by atoms with Gasteiger partial charge >= 0.3 is 0 Å². The van der Waals surface area contributed by atoms with Crippen LogP contribution in [0.25, 0.3) is 6.08 Å². The summed E-state index contributed by atoms with van der Waals surface area (Å²) in [7, 11) is 0. The standard InChI is InChI=1S/C21H27N3O2S/c1-3-23-11-6-12-24(14-13-23)21(25)10-9-18-7-4-5-8-20(18)26-15-19-16-27-17(2)22-19/h4-5,7-10,16H,3,6,11-15H2,1-2H3. The lowest BCUT2D eigenvalue weighted by Gasteiger charge is -2.19. The van der Waals surface area contributed by atoms with Crippen molar-refractivity contribution >= 4 is 23.3 Å². The summed E-state index contributed by atoms with van der Waals surface area (Å²) in [5, 5.41) is 3.04. The van der Waals surface area contributed by atoms with Crippen molar-refractivity contribution in [3.05, 3.63) is 52.0 Å². The minimum atomic E-state index is 0.0675. The van der Waals surface area contributed by atoms with E-state index < -0.39 is 0 Å². The molecule has 1 aliphatic rings. The SMILES string of the molecule is CCN1CCCN(C(=O)C=Cc2ccccc2OCc2csc(C)n2)CC1. The van der Waals surface area contributed by atoms with Crippen LogP contribution in [0.5, 0.6) is 5.75 Å². The molecule has 27 heavy (non-hydrogen) atoms. The van der Waals surface area contributed by atoms with Crippen molar-refractivity contribution in [3.8, 4) is 5.75 Å². The van der Waals surface area contributed by atoms with Gasteiger partial charge in [0, 0.05) is 36.7 Å². The molecule has 0 atom stereocenters. The van der Waals surface area contributed by atoms with Crippen LogP contribution in [0.2, 0.25) is 0 Å². The number of likely N-dealkylation sites (N-methyl/N-ethyl adjacent to an activating group) is 1. The highest BCUT2D eigenvalue weighted by molar-refractivity contribution is 7.09. The number of aromatic nitrogens is 1. The first-order chi connectivity index (χ1) is 13.2. The third-order valence-electron chi connectivity index (χ3n) is 4.71. The number of thiazole rings is 1. The normalized spacial score (nSPS) is 15.9. The number of carbonyl (C=O) groups excluding carboxylic acids is 1. The summed E-state index contributed by atoms with van der Waals surface area (Å²) < 4.78 is 5.92. The second-order valence-corrected chi connectivity index (χ2v) is 7.69. The summed E-state index contributed by atoms with van der Waals surface area (Å²) in [6, 6.07) is 7.78. The van der Waals surface area contributed by atoms with Gasteiger partial charge in [-0.15, -0.1) is 11.3 Å². The van der Waals surface area contributed by atoms with E-state index in [0.717, 1.165) is 61.2 Å². The first kappa shape index (κ1) is 19.6. The summed E-state index contributed by atoms with van der Waals surface area (Å²) in [6.45, 7) is 9.25. The van der Waals surface area contributed by atoms with Gasteiger partial charge < -0.3 is 14.5 Å². The van der Waals surface area contributed by atoms with Crippen molar-refractivity contribution < 1.29 is 9.53 Å². The Morgan fingerprint density at radius 3 is 2.89 bits per heavy atom. The second-order valence-electron chi connectivity index (χ2n) is 6.63. The van der Waals surface area contributed by atoms with E-state index in [4.69, 9.17) is 4.74 Å². The minimum absolute atomic E-state index is 0.0675. The maximum absolute atomic E-state index is 12.6. The molecule has 1 fully saturated rings. The topological polar surface area (TPSA) is 45.7 Å². The van der Waals surface area contributed by atoms with Crippen LogP contribution in [0.3, 0.4) is 0 Å². The van der Waals surface area contributed by atoms with Gasteiger partial charge in [0.05, 0.1) is 10.7 Å². The zero-order valence-corrected chi connectivity index (χ0v) is 16.9. The van der Waals surface area contributed by atoms with E-state index in [1.54, 1.807) is 17.4 Å². The molecule has 5 nitrogen and oxygen atoms in total. The number of amides is 1. The molecule has 0 bridgehead atoms. The number of carbonyl (C=O) groups is 1. The van der Waals surface area contributed by atoms with Crippen LogP contribution >= 0.6 is 11.3 Å². The third-order valence-corrected chi connectivity index (χ3v) is 5.54. The highest BCUT2D eigenvalue weighted by Gasteiger charge is 2.16. The number of benzene rings is 1. The lowest BCUT2D eigenvalue weighted by Crippen LogP contribution is -2.34. The predicted molar refractivity (Wildman–Crippen MR) is 110 cm³/mol. The Morgan fingerprint density at radius 2 is 2.11 bits per heavy atom. The van der Waals surface area contributed by atoms with Crippen molar-refractivity contribution in [2.24, 2.45) is 0 Å². The summed E-state index contributed by atoms with van der Waals surface area (Å²) in [4.78, 5) is 21.3.